The Morgan fingerprint density at radius 2 is 1.94 bits per heavy atom. The summed E-state index contributed by atoms with van der Waals surface area (Å²) in [5.41, 5.74) is 0.301. The average Bonchev–Trinajstić information content (AvgIpc) is 3.51. The van der Waals surface area contributed by atoms with Crippen LogP contribution in [0.15, 0.2) is 29.4 Å². The van der Waals surface area contributed by atoms with Crippen LogP contribution in [0, 0.1) is 5.92 Å². The van der Waals surface area contributed by atoms with Gasteiger partial charge in [-0.3, -0.25) is 0 Å². The molecule has 2 aromatic rings. The zero-order valence-corrected chi connectivity index (χ0v) is 20.0. The van der Waals surface area contributed by atoms with Crippen LogP contribution in [-0.2, 0) is 22.7 Å². The van der Waals surface area contributed by atoms with E-state index >= 15 is 0 Å². The zero-order chi connectivity index (χ0) is 23.7. The largest absolute Gasteiger partial charge is 0.416 e. The van der Waals surface area contributed by atoms with E-state index in [2.05, 4.69) is 20.0 Å². The summed E-state index contributed by atoms with van der Waals surface area (Å²) in [6.45, 7) is 5.64. The van der Waals surface area contributed by atoms with Crippen molar-refractivity contribution in [3.8, 4) is 0 Å². The number of nitrogens with zero attached hydrogens (tertiary/aromatic N) is 5. The van der Waals surface area contributed by atoms with Crippen LogP contribution in [0.1, 0.15) is 30.3 Å². The molecule has 11 heteroatoms. The van der Waals surface area contributed by atoms with Crippen molar-refractivity contribution in [2.24, 2.45) is 13.0 Å². The van der Waals surface area contributed by atoms with Crippen LogP contribution in [0.25, 0.3) is 0 Å². The molecular formula is C23H30F3N5O2S. The van der Waals surface area contributed by atoms with Gasteiger partial charge in [0.25, 0.3) is 0 Å². The molecule has 4 heterocycles. The van der Waals surface area contributed by atoms with Crippen LogP contribution in [-0.4, -0.2) is 77.5 Å². The quantitative estimate of drug-likeness (QED) is 0.428. The van der Waals surface area contributed by atoms with E-state index in [4.69, 9.17) is 9.47 Å². The minimum absolute atomic E-state index is 0.155. The van der Waals surface area contributed by atoms with Crippen molar-refractivity contribution in [2.75, 3.05) is 56.7 Å². The van der Waals surface area contributed by atoms with E-state index in [1.807, 2.05) is 11.6 Å². The lowest BCUT2D eigenvalue weighted by molar-refractivity contribution is -0.137. The van der Waals surface area contributed by atoms with E-state index in [1.165, 1.54) is 12.1 Å². The molecule has 0 amide bonds. The molecule has 3 atom stereocenters. The SMILES string of the molecule is Cn1c(SCCCN2CC3[C@H](CCN3c3ccc(C(F)(F)F)cc3)C2)nnc1[C@H]1COCCO1. The van der Waals surface area contributed by atoms with Gasteiger partial charge in [-0.05, 0) is 49.6 Å². The molecule has 0 spiro atoms. The first-order valence-electron chi connectivity index (χ1n) is 11.8. The van der Waals surface area contributed by atoms with Crippen molar-refractivity contribution in [3.05, 3.63) is 35.7 Å². The second-order valence-electron chi connectivity index (χ2n) is 9.15. The second kappa shape index (κ2) is 10.0. The van der Waals surface area contributed by atoms with Gasteiger partial charge in [0, 0.05) is 44.2 Å². The van der Waals surface area contributed by atoms with Gasteiger partial charge >= 0.3 is 6.18 Å². The van der Waals surface area contributed by atoms with Crippen molar-refractivity contribution in [1.82, 2.24) is 19.7 Å². The highest BCUT2D eigenvalue weighted by atomic mass is 32.2. The van der Waals surface area contributed by atoms with E-state index in [9.17, 15) is 13.2 Å². The minimum atomic E-state index is -4.29. The number of anilines is 1. The Morgan fingerprint density at radius 1 is 1.12 bits per heavy atom. The Balaban J connectivity index is 1.09. The number of likely N-dealkylation sites (tertiary alicyclic amines) is 1. The molecule has 3 aliphatic heterocycles. The molecule has 0 N–H and O–H groups in total. The van der Waals surface area contributed by atoms with Gasteiger partial charge in [0.1, 0.15) is 6.10 Å². The normalized spacial score (nSPS) is 25.8. The van der Waals surface area contributed by atoms with E-state index in [1.54, 1.807) is 23.9 Å². The van der Waals surface area contributed by atoms with E-state index in [0.29, 0.717) is 31.8 Å². The second-order valence-corrected chi connectivity index (χ2v) is 10.2. The smallest absolute Gasteiger partial charge is 0.376 e. The fourth-order valence-corrected chi connectivity index (χ4v) is 6.06. The summed E-state index contributed by atoms with van der Waals surface area (Å²) in [5, 5.41) is 9.51. The number of ether oxygens (including phenoxy) is 2. The fourth-order valence-electron chi connectivity index (χ4n) is 5.21. The van der Waals surface area contributed by atoms with Crippen LogP contribution in [0.2, 0.25) is 0 Å². The Hall–Kier alpha value is -1.82. The molecule has 0 bridgehead atoms. The summed E-state index contributed by atoms with van der Waals surface area (Å²) < 4.78 is 51.9. The third-order valence-electron chi connectivity index (χ3n) is 6.97. The Morgan fingerprint density at radius 3 is 2.68 bits per heavy atom. The predicted octanol–water partition coefficient (Wildman–Crippen LogP) is 3.61. The van der Waals surface area contributed by atoms with Gasteiger partial charge in [0.15, 0.2) is 11.0 Å². The van der Waals surface area contributed by atoms with Crippen molar-refractivity contribution >= 4 is 17.4 Å². The van der Waals surface area contributed by atoms with Crippen LogP contribution in [0.4, 0.5) is 18.9 Å². The molecular weight excluding hydrogens is 467 g/mol. The van der Waals surface area contributed by atoms with Crippen molar-refractivity contribution in [3.63, 3.8) is 0 Å². The number of hydrogen-bond acceptors (Lipinski definition) is 7. The Kier molecular flexibility index (Phi) is 7.06. The molecule has 1 aromatic carbocycles. The standard InChI is InChI=1S/C23H30F3N5O2S/c1-29-21(20-15-32-10-11-33-20)27-28-22(29)34-12-2-8-30-13-16-7-9-31(19(16)14-30)18-5-3-17(4-6-18)23(24,25)26/h3-6,16,19-20H,2,7-15H2,1H3/t16-,19?,20-/m1/s1. The maximum atomic E-state index is 12.9. The molecule has 3 saturated heterocycles. The van der Waals surface area contributed by atoms with Gasteiger partial charge in [-0.15, -0.1) is 10.2 Å². The van der Waals surface area contributed by atoms with Gasteiger partial charge in [0.05, 0.1) is 25.4 Å². The molecule has 3 aliphatic rings. The predicted molar refractivity (Wildman–Crippen MR) is 123 cm³/mol. The molecule has 34 heavy (non-hydrogen) atoms. The lowest BCUT2D eigenvalue weighted by Crippen LogP contribution is -2.35. The first-order valence-corrected chi connectivity index (χ1v) is 12.8. The van der Waals surface area contributed by atoms with Crippen LogP contribution in [0.3, 0.4) is 0 Å². The van der Waals surface area contributed by atoms with E-state index < -0.39 is 11.7 Å². The van der Waals surface area contributed by atoms with Gasteiger partial charge in [-0.1, -0.05) is 11.8 Å². The lowest BCUT2D eigenvalue weighted by Gasteiger charge is -2.27. The zero-order valence-electron chi connectivity index (χ0n) is 19.2. The van der Waals surface area contributed by atoms with Gasteiger partial charge in [0.2, 0.25) is 0 Å². The molecule has 1 unspecified atom stereocenters. The van der Waals surface area contributed by atoms with Crippen molar-refractivity contribution in [2.45, 2.75) is 36.3 Å². The number of thioether (sulfide) groups is 1. The molecule has 5 rings (SSSR count). The topological polar surface area (TPSA) is 55.7 Å². The Labute approximate surface area is 201 Å². The molecule has 1 aromatic heterocycles. The van der Waals surface area contributed by atoms with E-state index in [0.717, 1.165) is 61.4 Å². The van der Waals surface area contributed by atoms with Gasteiger partial charge in [-0.2, -0.15) is 13.2 Å². The summed E-state index contributed by atoms with van der Waals surface area (Å²) in [5.74, 6) is 2.33. The summed E-state index contributed by atoms with van der Waals surface area (Å²) >= 11 is 1.70. The van der Waals surface area contributed by atoms with Crippen molar-refractivity contribution in [1.29, 1.82) is 0 Å². The summed E-state index contributed by atoms with van der Waals surface area (Å²) in [4.78, 5) is 4.78. The van der Waals surface area contributed by atoms with Gasteiger partial charge < -0.3 is 23.8 Å². The van der Waals surface area contributed by atoms with Crippen LogP contribution < -0.4 is 4.90 Å². The van der Waals surface area contributed by atoms with E-state index in [-0.39, 0.29) is 6.10 Å². The minimum Gasteiger partial charge on any atom is -0.376 e. The first kappa shape index (κ1) is 23.9. The number of hydrogen-bond donors (Lipinski definition) is 0. The number of fused-ring (bicyclic) bond motifs is 1. The van der Waals surface area contributed by atoms with Gasteiger partial charge in [-0.25, -0.2) is 0 Å². The highest BCUT2D eigenvalue weighted by Crippen LogP contribution is 2.37. The number of halogens is 3. The summed E-state index contributed by atoms with van der Waals surface area (Å²) in [7, 11) is 1.97. The molecule has 0 saturated carbocycles. The third-order valence-corrected chi connectivity index (χ3v) is 8.08. The van der Waals surface area contributed by atoms with Crippen LogP contribution >= 0.6 is 11.8 Å². The van der Waals surface area contributed by atoms with Crippen LogP contribution in [0.5, 0.6) is 0 Å². The fraction of sp³-hybridized carbons (Fsp3) is 0.652. The summed E-state index contributed by atoms with van der Waals surface area (Å²) in [6.07, 6.45) is -2.32. The number of benzene rings is 1. The number of aromatic nitrogens is 3. The maximum Gasteiger partial charge on any atom is 0.416 e. The molecule has 7 nitrogen and oxygen atoms in total. The van der Waals surface area contributed by atoms with Crippen molar-refractivity contribution < 1.29 is 22.6 Å². The Bertz CT molecular complexity index is 965. The molecule has 3 fully saturated rings. The molecule has 0 aliphatic carbocycles. The number of rotatable bonds is 7. The lowest BCUT2D eigenvalue weighted by atomic mass is 10.0. The monoisotopic (exact) mass is 497 g/mol. The highest BCUT2D eigenvalue weighted by molar-refractivity contribution is 7.99. The average molecular weight is 498 g/mol. The first-order chi connectivity index (χ1) is 16.4. The highest BCUT2D eigenvalue weighted by Gasteiger charge is 2.41. The number of alkyl halides is 3. The summed E-state index contributed by atoms with van der Waals surface area (Å²) in [6, 6.07) is 5.99. The third kappa shape index (κ3) is 5.07. The molecule has 0 radical (unpaired) electrons. The maximum absolute atomic E-state index is 12.9. The molecule has 186 valence electrons.